The number of ether oxygens (including phenoxy) is 5. The molecule has 0 aromatic heterocycles. The molecule has 0 unspecified atom stereocenters. The monoisotopic (exact) mass is 575 g/mol. The first-order valence-corrected chi connectivity index (χ1v) is 14.8. The van der Waals surface area contributed by atoms with E-state index in [9.17, 15) is 9.90 Å². The van der Waals surface area contributed by atoms with Gasteiger partial charge in [0.2, 0.25) is 5.79 Å². The average Bonchev–Trinajstić information content (AvgIpc) is 3.35. The molecular formula is C34H41NO7. The molecule has 0 saturated carbocycles. The van der Waals surface area contributed by atoms with Crippen LogP contribution in [0.2, 0.25) is 0 Å². The van der Waals surface area contributed by atoms with Crippen molar-refractivity contribution in [2.45, 2.75) is 64.6 Å². The Morgan fingerprint density at radius 1 is 0.905 bits per heavy atom. The van der Waals surface area contributed by atoms with Crippen LogP contribution in [0.1, 0.15) is 62.3 Å². The molecule has 0 aliphatic carbocycles. The van der Waals surface area contributed by atoms with Crippen LogP contribution >= 0.6 is 0 Å². The van der Waals surface area contributed by atoms with Crippen LogP contribution in [0.5, 0.6) is 11.5 Å². The molecule has 1 amide bonds. The SMILES string of the molecule is CC1(C)OCc2cc([C@@H]3CN(CCCCCCOCCOCc4cccc(-c5cccc(O)c5)c4)C(=O)O3)ccc2O1. The van der Waals surface area contributed by atoms with Crippen molar-refractivity contribution in [3.05, 3.63) is 83.4 Å². The summed E-state index contributed by atoms with van der Waals surface area (Å²) in [5, 5.41) is 9.72. The fourth-order valence-corrected chi connectivity index (χ4v) is 5.22. The normalized spacial score (nSPS) is 17.5. The molecule has 2 aliphatic heterocycles. The number of unbranched alkanes of at least 4 members (excludes halogenated alkanes) is 3. The molecule has 5 rings (SSSR count). The number of benzene rings is 3. The van der Waals surface area contributed by atoms with Crippen molar-refractivity contribution in [2.24, 2.45) is 0 Å². The lowest BCUT2D eigenvalue weighted by Crippen LogP contribution is -2.35. The Bertz CT molecular complexity index is 1340. The first-order chi connectivity index (χ1) is 20.4. The molecule has 0 bridgehead atoms. The number of phenolic OH excluding ortho intramolecular Hbond substituents is 1. The van der Waals surface area contributed by atoms with Crippen molar-refractivity contribution in [1.29, 1.82) is 0 Å². The highest BCUT2D eigenvalue weighted by Crippen LogP contribution is 2.35. The molecule has 224 valence electrons. The van der Waals surface area contributed by atoms with E-state index >= 15 is 0 Å². The molecule has 1 atom stereocenters. The van der Waals surface area contributed by atoms with Gasteiger partial charge >= 0.3 is 6.09 Å². The molecule has 0 radical (unpaired) electrons. The van der Waals surface area contributed by atoms with Crippen molar-refractivity contribution >= 4 is 6.09 Å². The smallest absolute Gasteiger partial charge is 0.410 e. The van der Waals surface area contributed by atoms with E-state index in [1.165, 1.54) is 0 Å². The number of phenols is 1. The number of nitrogens with zero attached hydrogens (tertiary/aromatic N) is 1. The summed E-state index contributed by atoms with van der Waals surface area (Å²) < 4.78 is 28.8. The van der Waals surface area contributed by atoms with E-state index in [1.54, 1.807) is 17.0 Å². The number of cyclic esters (lactones) is 1. The summed E-state index contributed by atoms with van der Waals surface area (Å²) in [7, 11) is 0. The summed E-state index contributed by atoms with van der Waals surface area (Å²) in [6.07, 6.45) is 3.49. The molecule has 2 heterocycles. The molecular weight excluding hydrogens is 534 g/mol. The van der Waals surface area contributed by atoms with Crippen LogP contribution in [0.3, 0.4) is 0 Å². The van der Waals surface area contributed by atoms with Crippen LogP contribution in [-0.4, -0.2) is 54.8 Å². The Labute approximate surface area is 248 Å². The minimum absolute atomic E-state index is 0.249. The van der Waals surface area contributed by atoms with Gasteiger partial charge in [0.25, 0.3) is 0 Å². The zero-order valence-electron chi connectivity index (χ0n) is 24.6. The Kier molecular flexibility index (Phi) is 10.00. The van der Waals surface area contributed by atoms with E-state index in [0.29, 0.717) is 46.1 Å². The predicted octanol–water partition coefficient (Wildman–Crippen LogP) is 6.99. The number of hydrogen-bond donors (Lipinski definition) is 1. The maximum atomic E-state index is 12.4. The van der Waals surface area contributed by atoms with Gasteiger partial charge in [0.1, 0.15) is 17.6 Å². The van der Waals surface area contributed by atoms with Crippen LogP contribution in [0.4, 0.5) is 4.79 Å². The highest BCUT2D eigenvalue weighted by molar-refractivity contribution is 5.70. The number of carbonyl (C=O) groups is 1. The van der Waals surface area contributed by atoms with E-state index < -0.39 is 5.79 Å². The highest BCUT2D eigenvalue weighted by atomic mass is 16.7. The van der Waals surface area contributed by atoms with Gasteiger partial charge in [-0.1, -0.05) is 49.2 Å². The van der Waals surface area contributed by atoms with E-state index in [-0.39, 0.29) is 17.9 Å². The van der Waals surface area contributed by atoms with Crippen LogP contribution < -0.4 is 4.74 Å². The first-order valence-electron chi connectivity index (χ1n) is 14.8. The van der Waals surface area contributed by atoms with Gasteiger partial charge in [-0.05, 0) is 65.4 Å². The maximum absolute atomic E-state index is 12.4. The summed E-state index contributed by atoms with van der Waals surface area (Å²) in [6.45, 7) is 7.85. The topological polar surface area (TPSA) is 86.7 Å². The summed E-state index contributed by atoms with van der Waals surface area (Å²) in [5.74, 6) is 0.450. The van der Waals surface area contributed by atoms with E-state index in [0.717, 1.165) is 59.3 Å². The fraction of sp³-hybridized carbons (Fsp3) is 0.441. The molecule has 3 aromatic rings. The van der Waals surface area contributed by atoms with Crippen molar-refractivity contribution in [3.8, 4) is 22.6 Å². The van der Waals surface area contributed by atoms with E-state index in [1.807, 2.05) is 62.4 Å². The first kappa shape index (κ1) is 29.9. The zero-order chi connectivity index (χ0) is 29.4. The average molecular weight is 576 g/mol. The third-order valence-corrected chi connectivity index (χ3v) is 7.49. The number of amides is 1. The highest BCUT2D eigenvalue weighted by Gasteiger charge is 2.33. The van der Waals surface area contributed by atoms with Gasteiger partial charge in [0.05, 0.1) is 33.0 Å². The third kappa shape index (κ3) is 8.25. The van der Waals surface area contributed by atoms with Gasteiger partial charge in [-0.25, -0.2) is 4.79 Å². The Morgan fingerprint density at radius 3 is 2.55 bits per heavy atom. The van der Waals surface area contributed by atoms with Crippen LogP contribution in [0, 0.1) is 0 Å². The number of rotatable bonds is 14. The van der Waals surface area contributed by atoms with Gasteiger partial charge in [-0.15, -0.1) is 0 Å². The number of hydrogen-bond acceptors (Lipinski definition) is 7. The van der Waals surface area contributed by atoms with E-state index in [2.05, 4.69) is 6.07 Å². The summed E-state index contributed by atoms with van der Waals surface area (Å²) in [4.78, 5) is 14.2. The molecule has 8 heteroatoms. The molecule has 42 heavy (non-hydrogen) atoms. The third-order valence-electron chi connectivity index (χ3n) is 7.49. The van der Waals surface area contributed by atoms with Crippen LogP contribution in [-0.2, 0) is 32.2 Å². The van der Waals surface area contributed by atoms with Gasteiger partial charge < -0.3 is 33.7 Å². The fourth-order valence-electron chi connectivity index (χ4n) is 5.22. The number of aromatic hydroxyl groups is 1. The molecule has 1 N–H and O–H groups in total. The largest absolute Gasteiger partial charge is 0.508 e. The summed E-state index contributed by atoms with van der Waals surface area (Å²) in [6, 6.07) is 21.3. The van der Waals surface area contributed by atoms with Crippen LogP contribution in [0.15, 0.2) is 66.7 Å². The standard InChI is InChI=1S/C34H41NO7/c1-34(2)40-24-29-20-28(13-14-31(29)42-34)32-22-35(33(37)41-32)15-5-3-4-6-16-38-17-18-39-23-25-9-7-10-26(19-25)27-11-8-12-30(36)21-27/h7-14,19-21,32,36H,3-6,15-18,22-24H2,1-2H3/t32-/m0/s1. The minimum Gasteiger partial charge on any atom is -0.508 e. The van der Waals surface area contributed by atoms with Crippen molar-refractivity contribution in [2.75, 3.05) is 32.9 Å². The van der Waals surface area contributed by atoms with Crippen molar-refractivity contribution < 1.29 is 33.6 Å². The molecule has 8 nitrogen and oxygen atoms in total. The van der Waals surface area contributed by atoms with E-state index in [4.69, 9.17) is 23.7 Å². The molecule has 1 fully saturated rings. The second-order valence-electron chi connectivity index (χ2n) is 11.3. The molecule has 3 aromatic carbocycles. The lowest BCUT2D eigenvalue weighted by molar-refractivity contribution is -0.180. The second-order valence-corrected chi connectivity index (χ2v) is 11.3. The maximum Gasteiger partial charge on any atom is 0.410 e. The van der Waals surface area contributed by atoms with Gasteiger partial charge in [0.15, 0.2) is 0 Å². The van der Waals surface area contributed by atoms with Crippen LogP contribution in [0.25, 0.3) is 11.1 Å². The minimum atomic E-state index is -0.629. The van der Waals surface area contributed by atoms with Gasteiger partial charge in [0, 0.05) is 32.6 Å². The Morgan fingerprint density at radius 2 is 1.69 bits per heavy atom. The lowest BCUT2D eigenvalue weighted by Gasteiger charge is -2.32. The summed E-state index contributed by atoms with van der Waals surface area (Å²) in [5.41, 5.74) is 5.06. The molecule has 1 saturated heterocycles. The number of carbonyl (C=O) groups excluding carboxylic acids is 1. The predicted molar refractivity (Wildman–Crippen MR) is 159 cm³/mol. The second kappa shape index (κ2) is 14.1. The van der Waals surface area contributed by atoms with Gasteiger partial charge in [-0.2, -0.15) is 0 Å². The number of fused-ring (bicyclic) bond motifs is 1. The Balaban J connectivity index is 0.908. The summed E-state index contributed by atoms with van der Waals surface area (Å²) >= 11 is 0. The van der Waals surface area contributed by atoms with Gasteiger partial charge in [-0.3, -0.25) is 0 Å². The molecule has 2 aliphatic rings. The lowest BCUT2D eigenvalue weighted by atomic mass is 10.0. The quantitative estimate of drug-likeness (QED) is 0.207. The van der Waals surface area contributed by atoms with Crippen molar-refractivity contribution in [1.82, 2.24) is 4.90 Å². The Hall–Kier alpha value is -3.59. The molecule has 0 spiro atoms. The zero-order valence-corrected chi connectivity index (χ0v) is 24.6. The van der Waals surface area contributed by atoms with Crippen molar-refractivity contribution in [3.63, 3.8) is 0 Å².